The summed E-state index contributed by atoms with van der Waals surface area (Å²) in [6, 6.07) is 7.73. The Balaban J connectivity index is 2.15. The molecule has 0 bridgehead atoms. The largest absolute Gasteiger partial charge is 0.349 e. The molecule has 0 aliphatic carbocycles. The number of benzene rings is 1. The van der Waals surface area contributed by atoms with Gasteiger partial charge in [-0.1, -0.05) is 43.6 Å². The molecule has 6 nitrogen and oxygen atoms in total. The number of aromatic amines is 1. The van der Waals surface area contributed by atoms with Gasteiger partial charge in [-0.25, -0.2) is 0 Å². The molecule has 0 aliphatic rings. The maximum atomic E-state index is 12.0. The smallest absolute Gasteiger partial charge is 0.273 e. The van der Waals surface area contributed by atoms with Crippen LogP contribution in [0.5, 0.6) is 0 Å². The second-order valence-electron chi connectivity index (χ2n) is 4.82. The molecule has 1 aromatic heterocycles. The summed E-state index contributed by atoms with van der Waals surface area (Å²) in [5.74, 6) is -0.252. The number of halogens is 1. The molecule has 1 unspecified atom stereocenters. The normalized spacial score (nSPS) is 12.4. The Bertz CT molecular complexity index is 598. The monoisotopic (exact) mass is 321 g/mol. The standard InChI is InChI=1S/C15H20ClN5O/c1-3-21(4-2)14(11-7-5-6-8-12(11)16)10-17-15(22)13-9-18-20-19-13/h5-9,14H,3-4,10H2,1-2H3,(H,17,22)(H,18,19,20). The number of H-pyrrole nitrogens is 1. The molecule has 1 atom stereocenters. The summed E-state index contributed by atoms with van der Waals surface area (Å²) in [6.07, 6.45) is 1.40. The van der Waals surface area contributed by atoms with Gasteiger partial charge < -0.3 is 5.32 Å². The maximum absolute atomic E-state index is 12.0. The van der Waals surface area contributed by atoms with Crippen molar-refractivity contribution in [2.24, 2.45) is 0 Å². The van der Waals surface area contributed by atoms with Gasteiger partial charge in [-0.3, -0.25) is 9.69 Å². The van der Waals surface area contributed by atoms with Crippen molar-refractivity contribution >= 4 is 17.5 Å². The summed E-state index contributed by atoms with van der Waals surface area (Å²) in [4.78, 5) is 14.3. The fourth-order valence-corrected chi connectivity index (χ4v) is 2.70. The maximum Gasteiger partial charge on any atom is 0.273 e. The van der Waals surface area contributed by atoms with E-state index in [0.29, 0.717) is 11.6 Å². The molecule has 0 spiro atoms. The van der Waals surface area contributed by atoms with Crippen LogP contribution in [0.15, 0.2) is 30.5 Å². The predicted molar refractivity (Wildman–Crippen MR) is 85.8 cm³/mol. The minimum Gasteiger partial charge on any atom is -0.349 e. The van der Waals surface area contributed by atoms with Gasteiger partial charge in [0.25, 0.3) is 5.91 Å². The molecule has 2 aromatic rings. The molecule has 0 saturated carbocycles. The number of rotatable bonds is 7. The van der Waals surface area contributed by atoms with Crippen molar-refractivity contribution in [2.75, 3.05) is 19.6 Å². The second-order valence-corrected chi connectivity index (χ2v) is 5.23. The third-order valence-electron chi connectivity index (χ3n) is 3.62. The van der Waals surface area contributed by atoms with Gasteiger partial charge in [-0.2, -0.15) is 15.4 Å². The van der Waals surface area contributed by atoms with Crippen LogP contribution in [0.1, 0.15) is 35.9 Å². The van der Waals surface area contributed by atoms with E-state index >= 15 is 0 Å². The van der Waals surface area contributed by atoms with Crippen LogP contribution in [0, 0.1) is 0 Å². The summed E-state index contributed by atoms with van der Waals surface area (Å²) in [6.45, 7) is 6.37. The summed E-state index contributed by atoms with van der Waals surface area (Å²) >= 11 is 6.33. The molecule has 0 aliphatic heterocycles. The Morgan fingerprint density at radius 3 is 2.68 bits per heavy atom. The molecule has 1 heterocycles. The zero-order valence-corrected chi connectivity index (χ0v) is 13.5. The van der Waals surface area contributed by atoms with Crippen molar-refractivity contribution in [3.8, 4) is 0 Å². The van der Waals surface area contributed by atoms with E-state index in [0.717, 1.165) is 18.7 Å². The summed E-state index contributed by atoms with van der Waals surface area (Å²) in [5, 5.41) is 13.5. The first kappa shape index (κ1) is 16.5. The lowest BCUT2D eigenvalue weighted by molar-refractivity contribution is 0.0930. The van der Waals surface area contributed by atoms with Crippen LogP contribution < -0.4 is 5.32 Å². The van der Waals surface area contributed by atoms with Crippen LogP contribution in [0.4, 0.5) is 0 Å². The number of hydrogen-bond donors (Lipinski definition) is 2. The Morgan fingerprint density at radius 2 is 2.09 bits per heavy atom. The fraction of sp³-hybridized carbons (Fsp3) is 0.400. The molecule has 0 saturated heterocycles. The summed E-state index contributed by atoms with van der Waals surface area (Å²) in [5.41, 5.74) is 1.28. The number of nitrogens with one attached hydrogen (secondary N) is 2. The molecule has 1 amide bonds. The van der Waals surface area contributed by atoms with Gasteiger partial charge in [0, 0.05) is 11.6 Å². The first-order chi connectivity index (χ1) is 10.7. The molecule has 118 valence electrons. The van der Waals surface area contributed by atoms with Gasteiger partial charge in [0.15, 0.2) is 5.69 Å². The topological polar surface area (TPSA) is 73.9 Å². The van der Waals surface area contributed by atoms with Crippen LogP contribution in [0.3, 0.4) is 0 Å². The highest BCUT2D eigenvalue weighted by atomic mass is 35.5. The lowest BCUT2D eigenvalue weighted by atomic mass is 10.0. The number of carbonyl (C=O) groups is 1. The lowest BCUT2D eigenvalue weighted by Gasteiger charge is -2.30. The van der Waals surface area contributed by atoms with Gasteiger partial charge >= 0.3 is 0 Å². The van der Waals surface area contributed by atoms with Crippen molar-refractivity contribution in [1.29, 1.82) is 0 Å². The first-order valence-corrected chi connectivity index (χ1v) is 7.67. The van der Waals surface area contributed by atoms with E-state index in [-0.39, 0.29) is 17.6 Å². The Labute approximate surface area is 134 Å². The Morgan fingerprint density at radius 1 is 1.36 bits per heavy atom. The van der Waals surface area contributed by atoms with Gasteiger partial charge in [0.1, 0.15) is 0 Å². The van der Waals surface area contributed by atoms with Gasteiger partial charge in [-0.05, 0) is 24.7 Å². The highest BCUT2D eigenvalue weighted by molar-refractivity contribution is 6.31. The van der Waals surface area contributed by atoms with Crippen molar-refractivity contribution in [3.63, 3.8) is 0 Å². The van der Waals surface area contributed by atoms with E-state index in [1.807, 2.05) is 24.3 Å². The highest BCUT2D eigenvalue weighted by Crippen LogP contribution is 2.26. The predicted octanol–water partition coefficient (Wildman–Crippen LogP) is 2.27. The van der Waals surface area contributed by atoms with E-state index in [4.69, 9.17) is 11.6 Å². The molecule has 0 fully saturated rings. The van der Waals surface area contributed by atoms with E-state index in [1.165, 1.54) is 6.20 Å². The van der Waals surface area contributed by atoms with E-state index in [1.54, 1.807) is 0 Å². The zero-order valence-electron chi connectivity index (χ0n) is 12.7. The van der Waals surface area contributed by atoms with Crippen molar-refractivity contribution in [1.82, 2.24) is 25.6 Å². The third-order valence-corrected chi connectivity index (χ3v) is 3.97. The highest BCUT2D eigenvalue weighted by Gasteiger charge is 2.21. The van der Waals surface area contributed by atoms with Gasteiger partial charge in [-0.15, -0.1) is 0 Å². The van der Waals surface area contributed by atoms with Crippen LogP contribution in [-0.4, -0.2) is 45.9 Å². The third kappa shape index (κ3) is 3.84. The number of likely N-dealkylation sites (N-methyl/N-ethyl adjacent to an activating group) is 1. The molecule has 0 radical (unpaired) electrons. The van der Waals surface area contributed by atoms with Crippen molar-refractivity contribution < 1.29 is 4.79 Å². The molecule has 2 rings (SSSR count). The lowest BCUT2D eigenvalue weighted by Crippen LogP contribution is -2.38. The quantitative estimate of drug-likeness (QED) is 0.820. The number of nitrogens with zero attached hydrogens (tertiary/aromatic N) is 3. The SMILES string of the molecule is CCN(CC)C(CNC(=O)c1cn[nH]n1)c1ccccc1Cl. The van der Waals surface area contributed by atoms with Crippen LogP contribution in [0.25, 0.3) is 0 Å². The second kappa shape index (κ2) is 7.91. The van der Waals surface area contributed by atoms with Gasteiger partial charge in [0.2, 0.25) is 0 Å². The minimum atomic E-state index is -0.252. The molecule has 1 aromatic carbocycles. The average molecular weight is 322 g/mol. The summed E-state index contributed by atoms with van der Waals surface area (Å²) in [7, 11) is 0. The molecular formula is C15H20ClN5O. The molecule has 7 heteroatoms. The average Bonchev–Trinajstić information content (AvgIpc) is 3.06. The van der Waals surface area contributed by atoms with Crippen LogP contribution in [0.2, 0.25) is 5.02 Å². The number of hydrogen-bond acceptors (Lipinski definition) is 4. The number of carbonyl (C=O) groups excluding carboxylic acids is 1. The zero-order chi connectivity index (χ0) is 15.9. The molecule has 22 heavy (non-hydrogen) atoms. The van der Waals surface area contributed by atoms with E-state index in [2.05, 4.69) is 39.5 Å². The van der Waals surface area contributed by atoms with Crippen molar-refractivity contribution in [2.45, 2.75) is 19.9 Å². The van der Waals surface area contributed by atoms with Gasteiger partial charge in [0.05, 0.1) is 12.2 Å². The Kier molecular flexibility index (Phi) is 5.91. The Hall–Kier alpha value is -1.92. The van der Waals surface area contributed by atoms with Crippen LogP contribution >= 0.6 is 11.6 Å². The first-order valence-electron chi connectivity index (χ1n) is 7.29. The number of aromatic nitrogens is 3. The fourth-order valence-electron chi connectivity index (χ4n) is 2.44. The van der Waals surface area contributed by atoms with Crippen LogP contribution in [-0.2, 0) is 0 Å². The van der Waals surface area contributed by atoms with E-state index in [9.17, 15) is 4.79 Å². The molecule has 2 N–H and O–H groups in total. The summed E-state index contributed by atoms with van der Waals surface area (Å²) < 4.78 is 0. The van der Waals surface area contributed by atoms with E-state index < -0.39 is 0 Å². The number of amides is 1. The minimum absolute atomic E-state index is 0.0135. The molecular weight excluding hydrogens is 302 g/mol. The van der Waals surface area contributed by atoms with Crippen molar-refractivity contribution in [3.05, 3.63) is 46.7 Å².